The first-order chi connectivity index (χ1) is 13.0. The largest absolute Gasteiger partial charge is 0.367 e. The Morgan fingerprint density at radius 1 is 1.21 bits per heavy atom. The zero-order valence-corrected chi connectivity index (χ0v) is 16.6. The van der Waals surface area contributed by atoms with E-state index in [4.69, 9.17) is 5.84 Å². The molecule has 0 radical (unpaired) electrons. The second-order valence-corrected chi connectivity index (χ2v) is 8.15. The quantitative estimate of drug-likeness (QED) is 0.729. The third-order valence-corrected chi connectivity index (χ3v) is 6.39. The normalized spacial score (nSPS) is 24.3. The first-order valence-electron chi connectivity index (χ1n) is 9.71. The molecule has 2 saturated heterocycles. The Bertz CT molecular complexity index is 1050. The van der Waals surface area contributed by atoms with E-state index in [1.54, 1.807) is 4.57 Å². The van der Waals surface area contributed by atoms with Gasteiger partial charge in [0.1, 0.15) is 5.82 Å². The van der Waals surface area contributed by atoms with Gasteiger partial charge in [-0.1, -0.05) is 0 Å². The molecule has 1 saturated carbocycles. The third kappa shape index (κ3) is 2.73. The number of benzene rings is 1. The Hall–Kier alpha value is -2.06. The van der Waals surface area contributed by atoms with Crippen molar-refractivity contribution in [3.8, 4) is 0 Å². The average Bonchev–Trinajstić information content (AvgIpc) is 3.39. The van der Waals surface area contributed by atoms with Gasteiger partial charge >= 0.3 is 5.69 Å². The van der Waals surface area contributed by atoms with Crippen LogP contribution in [0.4, 0.5) is 10.1 Å². The predicted molar refractivity (Wildman–Crippen MR) is 110 cm³/mol. The van der Waals surface area contributed by atoms with Gasteiger partial charge in [0.15, 0.2) is 0 Å². The van der Waals surface area contributed by atoms with Crippen molar-refractivity contribution in [1.29, 1.82) is 0 Å². The Kier molecular flexibility index (Phi) is 4.66. The van der Waals surface area contributed by atoms with Gasteiger partial charge in [0.2, 0.25) is 0 Å². The fourth-order valence-corrected chi connectivity index (χ4v) is 4.95. The van der Waals surface area contributed by atoms with E-state index in [0.29, 0.717) is 33.4 Å². The van der Waals surface area contributed by atoms with Crippen molar-refractivity contribution in [2.75, 3.05) is 30.4 Å². The number of aromatic nitrogens is 2. The summed E-state index contributed by atoms with van der Waals surface area (Å²) in [5.41, 5.74) is 0.546. The van der Waals surface area contributed by atoms with E-state index in [9.17, 15) is 9.59 Å². The number of piperidine rings is 1. The number of halogens is 2. The molecule has 1 aliphatic carbocycles. The summed E-state index contributed by atoms with van der Waals surface area (Å²) in [6, 6.07) is 1.67. The van der Waals surface area contributed by atoms with Crippen molar-refractivity contribution >= 4 is 29.0 Å². The van der Waals surface area contributed by atoms with Crippen LogP contribution in [0.25, 0.3) is 10.9 Å². The number of rotatable bonds is 2. The molecule has 3 heterocycles. The van der Waals surface area contributed by atoms with Crippen molar-refractivity contribution in [2.24, 2.45) is 5.92 Å². The topological polar surface area (TPSA) is 85.3 Å². The maximum Gasteiger partial charge on any atom is 0.350 e. The molecular weight excluding hydrogens is 385 g/mol. The van der Waals surface area contributed by atoms with Crippen molar-refractivity contribution in [1.82, 2.24) is 14.6 Å². The van der Waals surface area contributed by atoms with Crippen LogP contribution in [0.2, 0.25) is 0 Å². The molecule has 2 aromatic rings. The molecule has 2 atom stereocenters. The summed E-state index contributed by atoms with van der Waals surface area (Å²) in [6.45, 7) is 4.36. The molecule has 0 spiro atoms. The number of aryl methyl sites for hydroxylation is 1. The second-order valence-electron chi connectivity index (χ2n) is 8.15. The summed E-state index contributed by atoms with van der Waals surface area (Å²) >= 11 is 0. The maximum absolute atomic E-state index is 15.1. The fraction of sp³-hybridized carbons (Fsp3) is 0.579. The molecule has 3 N–H and O–H groups in total. The van der Waals surface area contributed by atoms with Gasteiger partial charge in [-0.2, -0.15) is 4.68 Å². The Morgan fingerprint density at radius 3 is 2.64 bits per heavy atom. The van der Waals surface area contributed by atoms with Gasteiger partial charge in [-0.3, -0.25) is 9.36 Å². The van der Waals surface area contributed by atoms with E-state index in [-0.39, 0.29) is 23.8 Å². The lowest BCUT2D eigenvalue weighted by atomic mass is 9.94. The van der Waals surface area contributed by atoms with Crippen LogP contribution in [-0.4, -0.2) is 34.9 Å². The van der Waals surface area contributed by atoms with E-state index in [1.165, 1.54) is 6.07 Å². The Labute approximate surface area is 167 Å². The molecular formula is C19H25ClFN5O2. The zero-order valence-electron chi connectivity index (χ0n) is 15.8. The van der Waals surface area contributed by atoms with Crippen molar-refractivity contribution in [2.45, 2.75) is 44.7 Å². The minimum absolute atomic E-state index is 0. The van der Waals surface area contributed by atoms with Crippen LogP contribution >= 0.6 is 12.4 Å². The monoisotopic (exact) mass is 409 g/mol. The number of nitrogens with zero attached hydrogens (tertiary/aromatic N) is 3. The van der Waals surface area contributed by atoms with Crippen LogP contribution in [0.5, 0.6) is 0 Å². The van der Waals surface area contributed by atoms with Crippen LogP contribution in [0.15, 0.2) is 15.7 Å². The second kappa shape index (κ2) is 6.77. The fourth-order valence-electron chi connectivity index (χ4n) is 4.95. The smallest absolute Gasteiger partial charge is 0.350 e. The van der Waals surface area contributed by atoms with E-state index >= 15 is 4.39 Å². The van der Waals surface area contributed by atoms with Crippen molar-refractivity contribution in [3.05, 3.63) is 38.3 Å². The molecule has 9 heteroatoms. The summed E-state index contributed by atoms with van der Waals surface area (Å²) in [5.74, 6) is 5.77. The molecule has 0 amide bonds. The summed E-state index contributed by atoms with van der Waals surface area (Å²) in [6.07, 6.45) is 4.03. The Morgan fingerprint density at radius 2 is 1.96 bits per heavy atom. The van der Waals surface area contributed by atoms with E-state index in [1.807, 2.05) is 6.92 Å². The summed E-state index contributed by atoms with van der Waals surface area (Å²) in [5, 5.41) is 3.71. The molecule has 1 aromatic heterocycles. The third-order valence-electron chi connectivity index (χ3n) is 6.39. The SMILES string of the molecule is Cc1c(N2CC3CCCNC3C2)c(F)cc2c(=O)n(N)c(=O)n(C3CC3)c12.Cl. The van der Waals surface area contributed by atoms with Crippen LogP contribution in [0.1, 0.15) is 37.3 Å². The minimum atomic E-state index is -0.641. The van der Waals surface area contributed by atoms with Gasteiger partial charge in [-0.25, -0.2) is 9.18 Å². The van der Waals surface area contributed by atoms with E-state index in [0.717, 1.165) is 45.3 Å². The van der Waals surface area contributed by atoms with Gasteiger partial charge in [0.25, 0.3) is 5.56 Å². The van der Waals surface area contributed by atoms with Gasteiger partial charge in [0.05, 0.1) is 16.6 Å². The summed E-state index contributed by atoms with van der Waals surface area (Å²) < 4.78 is 17.3. The standard InChI is InChI=1S/C19H24FN5O2.ClH/c1-10-16-13(18(26)25(21)19(27)24(16)12-4-5-12)7-14(20)17(10)23-8-11-3-2-6-22-15(11)9-23;/h7,11-12,15,22H,2-6,8-9,21H2,1H3;1H. The average molecular weight is 410 g/mol. The maximum atomic E-state index is 15.1. The van der Waals surface area contributed by atoms with Gasteiger partial charge in [-0.15, -0.1) is 12.4 Å². The number of hydrogen-bond donors (Lipinski definition) is 2. The highest BCUT2D eigenvalue weighted by Crippen LogP contribution is 2.39. The molecule has 2 aliphatic heterocycles. The van der Waals surface area contributed by atoms with E-state index < -0.39 is 17.1 Å². The molecule has 3 aliphatic rings. The van der Waals surface area contributed by atoms with Crippen molar-refractivity contribution in [3.63, 3.8) is 0 Å². The highest BCUT2D eigenvalue weighted by molar-refractivity contribution is 5.87. The molecule has 28 heavy (non-hydrogen) atoms. The van der Waals surface area contributed by atoms with Crippen LogP contribution in [0.3, 0.4) is 0 Å². The number of hydrogen-bond acceptors (Lipinski definition) is 5. The summed E-state index contributed by atoms with van der Waals surface area (Å²) in [4.78, 5) is 27.2. The number of anilines is 1. The lowest BCUT2D eigenvalue weighted by Gasteiger charge is -2.24. The molecule has 5 rings (SSSR count). The van der Waals surface area contributed by atoms with Gasteiger partial charge < -0.3 is 16.1 Å². The van der Waals surface area contributed by atoms with Gasteiger partial charge in [-0.05, 0) is 51.1 Å². The predicted octanol–water partition coefficient (Wildman–Crippen LogP) is 1.27. The Balaban J connectivity index is 0.00000192. The summed E-state index contributed by atoms with van der Waals surface area (Å²) in [7, 11) is 0. The molecule has 7 nitrogen and oxygen atoms in total. The number of nitrogen functional groups attached to an aromatic ring is 1. The highest BCUT2D eigenvalue weighted by Gasteiger charge is 2.37. The first kappa shape index (κ1) is 19.3. The highest BCUT2D eigenvalue weighted by atomic mass is 35.5. The molecule has 2 unspecified atom stereocenters. The minimum Gasteiger partial charge on any atom is -0.367 e. The van der Waals surface area contributed by atoms with Crippen LogP contribution in [-0.2, 0) is 0 Å². The number of fused-ring (bicyclic) bond motifs is 2. The number of nitrogens with one attached hydrogen (secondary N) is 1. The first-order valence-corrected chi connectivity index (χ1v) is 9.71. The van der Waals surface area contributed by atoms with Crippen LogP contribution < -0.4 is 27.3 Å². The number of nitrogens with two attached hydrogens (primary N) is 1. The molecule has 3 fully saturated rings. The lowest BCUT2D eigenvalue weighted by Crippen LogP contribution is -2.44. The van der Waals surface area contributed by atoms with Crippen LogP contribution in [0, 0.1) is 18.7 Å². The zero-order chi connectivity index (χ0) is 18.9. The molecule has 0 bridgehead atoms. The van der Waals surface area contributed by atoms with Gasteiger partial charge in [0, 0.05) is 30.7 Å². The molecule has 152 valence electrons. The van der Waals surface area contributed by atoms with Crippen molar-refractivity contribution < 1.29 is 4.39 Å². The molecule has 1 aromatic carbocycles. The lowest BCUT2D eigenvalue weighted by molar-refractivity contribution is 0.340. The van der Waals surface area contributed by atoms with E-state index in [2.05, 4.69) is 10.2 Å².